The lowest BCUT2D eigenvalue weighted by molar-refractivity contribution is -0.142. The maximum absolute atomic E-state index is 13.1. The fourth-order valence-corrected chi connectivity index (χ4v) is 5.58. The van der Waals surface area contributed by atoms with Crippen molar-refractivity contribution >= 4 is 22.9 Å². The number of halogens is 1. The number of aromatic nitrogens is 1. The molecule has 5 rings (SSSR count). The van der Waals surface area contributed by atoms with E-state index >= 15 is 0 Å². The summed E-state index contributed by atoms with van der Waals surface area (Å²) in [6.45, 7) is 2.58. The predicted molar refractivity (Wildman–Crippen MR) is 117 cm³/mol. The van der Waals surface area contributed by atoms with Crippen LogP contribution in [0.2, 0.25) is 0 Å². The van der Waals surface area contributed by atoms with E-state index in [9.17, 15) is 14.0 Å². The Morgan fingerprint density at radius 1 is 1.12 bits per heavy atom. The van der Waals surface area contributed by atoms with Crippen molar-refractivity contribution in [1.82, 2.24) is 4.98 Å². The van der Waals surface area contributed by atoms with Crippen LogP contribution < -0.4 is 10.1 Å². The van der Waals surface area contributed by atoms with Gasteiger partial charge in [0.2, 0.25) is 12.2 Å². The van der Waals surface area contributed by atoms with Crippen LogP contribution in [0.1, 0.15) is 43.7 Å². The molecule has 1 atom stereocenters. The Hall–Kier alpha value is -2.80. The number of pyridine rings is 1. The Morgan fingerprint density at radius 3 is 2.53 bits per heavy atom. The van der Waals surface area contributed by atoms with Gasteiger partial charge in [0.05, 0.1) is 17.8 Å². The molecule has 7 heteroatoms. The monoisotopic (exact) mass is 438 g/mol. The molecule has 2 aromatic rings. The summed E-state index contributed by atoms with van der Waals surface area (Å²) in [6, 6.07) is 9.38. The van der Waals surface area contributed by atoms with Gasteiger partial charge in [0.15, 0.2) is 0 Å². The molecule has 1 aromatic heterocycles. The van der Waals surface area contributed by atoms with Crippen molar-refractivity contribution < 1.29 is 23.5 Å². The first kappa shape index (κ1) is 21.1. The first-order valence-corrected chi connectivity index (χ1v) is 11.2. The van der Waals surface area contributed by atoms with Crippen LogP contribution >= 0.6 is 0 Å². The number of carbonyl (C=O) groups excluding carboxylic acids is 2. The largest absolute Gasteiger partial charge is 0.444 e. The molecular weight excluding hydrogens is 411 g/mol. The number of carbonyl (C=O) groups is 2. The Kier molecular flexibility index (Phi) is 5.45. The van der Waals surface area contributed by atoms with Crippen LogP contribution in [0.3, 0.4) is 0 Å². The van der Waals surface area contributed by atoms with E-state index in [1.165, 1.54) is 6.92 Å². The zero-order chi connectivity index (χ0) is 22.3. The second-order valence-electron chi connectivity index (χ2n) is 9.17. The molecule has 168 valence electrons. The van der Waals surface area contributed by atoms with Crippen molar-refractivity contribution in [3.8, 4) is 5.88 Å². The van der Waals surface area contributed by atoms with Gasteiger partial charge in [-0.1, -0.05) is 12.1 Å². The van der Waals surface area contributed by atoms with Gasteiger partial charge >= 0.3 is 0 Å². The summed E-state index contributed by atoms with van der Waals surface area (Å²) in [4.78, 5) is 30.3. The maximum atomic E-state index is 13.1. The molecule has 0 bridgehead atoms. The number of alkyl halides is 1. The van der Waals surface area contributed by atoms with Crippen LogP contribution in [-0.2, 0) is 26.2 Å². The number of Topliss-reactive ketones (excluding diaryl/α,β-unsaturated/α-hetero) is 2. The van der Waals surface area contributed by atoms with Crippen molar-refractivity contribution in [2.75, 3.05) is 18.5 Å². The van der Waals surface area contributed by atoms with Gasteiger partial charge in [0.1, 0.15) is 11.6 Å². The zero-order valence-corrected chi connectivity index (χ0v) is 18.1. The average Bonchev–Trinajstić information content (AvgIpc) is 2.75. The second-order valence-corrected chi connectivity index (χ2v) is 9.17. The molecule has 1 aliphatic heterocycles. The van der Waals surface area contributed by atoms with E-state index in [1.54, 1.807) is 18.3 Å². The quantitative estimate of drug-likeness (QED) is 0.702. The molecule has 1 spiro atoms. The molecule has 32 heavy (non-hydrogen) atoms. The van der Waals surface area contributed by atoms with Crippen molar-refractivity contribution in [3.63, 3.8) is 0 Å². The first-order chi connectivity index (χ1) is 15.4. The third-order valence-corrected chi connectivity index (χ3v) is 7.02. The summed E-state index contributed by atoms with van der Waals surface area (Å²) in [6.07, 6.45) is 3.34. The predicted octanol–water partition coefficient (Wildman–Crippen LogP) is 4.29. The lowest BCUT2D eigenvalue weighted by Gasteiger charge is -2.49. The molecule has 0 amide bonds. The smallest absolute Gasteiger partial charge is 0.237 e. The minimum Gasteiger partial charge on any atom is -0.444 e. The minimum absolute atomic E-state index is 0.0963. The number of anilines is 2. The Bertz CT molecular complexity index is 1010. The van der Waals surface area contributed by atoms with Crippen LogP contribution in [0.4, 0.5) is 15.8 Å². The summed E-state index contributed by atoms with van der Waals surface area (Å²) in [5.41, 5.74) is 3.56. The highest BCUT2D eigenvalue weighted by atomic mass is 19.1. The van der Waals surface area contributed by atoms with Crippen LogP contribution in [0.5, 0.6) is 5.88 Å². The van der Waals surface area contributed by atoms with E-state index in [2.05, 4.69) is 10.3 Å². The summed E-state index contributed by atoms with van der Waals surface area (Å²) < 4.78 is 23.3. The maximum Gasteiger partial charge on any atom is 0.237 e. The normalized spacial score (nSPS) is 26.4. The van der Waals surface area contributed by atoms with Crippen molar-refractivity contribution in [2.24, 2.45) is 11.8 Å². The molecule has 0 radical (unpaired) electrons. The van der Waals surface area contributed by atoms with Crippen molar-refractivity contribution in [2.45, 2.75) is 50.8 Å². The molecule has 2 aliphatic carbocycles. The number of fused-ring (bicyclic) bond motifs is 2. The highest BCUT2D eigenvalue weighted by Gasteiger charge is 2.53. The Labute approximate surface area is 186 Å². The standard InChI is InChI=1S/C25H27FN2O4/c1-15(26)32-23-6-5-17(14-27-23)28-20-4-2-3-19-18(20)11-25(19)12-21(29)24(22(30)13-25)16-7-9-31-10-8-16/h2-6,14-16,24,28H,7-13H2,1H3. The lowest BCUT2D eigenvalue weighted by atomic mass is 9.53. The zero-order valence-electron chi connectivity index (χ0n) is 18.1. The Morgan fingerprint density at radius 2 is 1.88 bits per heavy atom. The first-order valence-electron chi connectivity index (χ1n) is 11.2. The number of nitrogens with zero attached hydrogens (tertiary/aromatic N) is 1. The summed E-state index contributed by atoms with van der Waals surface area (Å²) >= 11 is 0. The molecular formula is C25H27FN2O4. The third kappa shape index (κ3) is 3.79. The van der Waals surface area contributed by atoms with E-state index in [0.717, 1.165) is 35.3 Å². The third-order valence-electron chi connectivity index (χ3n) is 7.02. The van der Waals surface area contributed by atoms with E-state index in [0.29, 0.717) is 32.5 Å². The number of ketones is 2. The highest BCUT2D eigenvalue weighted by Crippen LogP contribution is 2.53. The number of nitrogens with one attached hydrogen (secondary N) is 1. The van der Waals surface area contributed by atoms with E-state index < -0.39 is 12.3 Å². The minimum atomic E-state index is -1.42. The van der Waals surface area contributed by atoms with Gasteiger partial charge < -0.3 is 14.8 Å². The van der Waals surface area contributed by atoms with E-state index in [1.807, 2.05) is 18.2 Å². The van der Waals surface area contributed by atoms with Gasteiger partial charge in [0, 0.05) is 50.1 Å². The Balaban J connectivity index is 1.32. The lowest BCUT2D eigenvalue weighted by Crippen LogP contribution is -2.51. The highest BCUT2D eigenvalue weighted by molar-refractivity contribution is 6.07. The molecule has 2 fully saturated rings. The second kappa shape index (κ2) is 8.28. The van der Waals surface area contributed by atoms with Crippen LogP contribution in [0.15, 0.2) is 36.5 Å². The van der Waals surface area contributed by atoms with Crippen molar-refractivity contribution in [1.29, 1.82) is 0 Å². The van der Waals surface area contributed by atoms with Gasteiger partial charge in [-0.2, -0.15) is 0 Å². The number of rotatable bonds is 5. The average molecular weight is 438 g/mol. The van der Waals surface area contributed by atoms with Gasteiger partial charge in [-0.15, -0.1) is 0 Å². The van der Waals surface area contributed by atoms with Gasteiger partial charge in [-0.3, -0.25) is 9.59 Å². The molecule has 1 unspecified atom stereocenters. The van der Waals surface area contributed by atoms with Gasteiger partial charge in [0.25, 0.3) is 0 Å². The van der Waals surface area contributed by atoms with Crippen LogP contribution in [-0.4, -0.2) is 36.1 Å². The van der Waals surface area contributed by atoms with E-state index in [-0.39, 0.29) is 28.8 Å². The summed E-state index contributed by atoms with van der Waals surface area (Å²) in [5.74, 6) is 0.101. The fraction of sp³-hybridized carbons (Fsp3) is 0.480. The fourth-order valence-electron chi connectivity index (χ4n) is 5.58. The SMILES string of the molecule is CC(F)Oc1ccc(Nc2cccc3c2CC32CC(=O)C(C3CCOCC3)C(=O)C2)cn1. The van der Waals surface area contributed by atoms with E-state index in [4.69, 9.17) is 9.47 Å². The number of benzene rings is 1. The van der Waals surface area contributed by atoms with Gasteiger partial charge in [-0.25, -0.2) is 9.37 Å². The molecule has 6 nitrogen and oxygen atoms in total. The van der Waals surface area contributed by atoms with Gasteiger partial charge in [-0.05, 0) is 48.4 Å². The topological polar surface area (TPSA) is 77.5 Å². The summed E-state index contributed by atoms with van der Waals surface area (Å²) in [5, 5.41) is 3.35. The molecule has 1 saturated heterocycles. The molecule has 1 aromatic carbocycles. The number of hydrogen-bond acceptors (Lipinski definition) is 6. The van der Waals surface area contributed by atoms with Crippen molar-refractivity contribution in [3.05, 3.63) is 47.7 Å². The van der Waals surface area contributed by atoms with Crippen LogP contribution in [0.25, 0.3) is 0 Å². The molecule has 2 heterocycles. The summed E-state index contributed by atoms with van der Waals surface area (Å²) in [7, 11) is 0. The number of hydrogen-bond donors (Lipinski definition) is 1. The molecule has 1 N–H and O–H groups in total. The number of ether oxygens (including phenoxy) is 2. The van der Waals surface area contributed by atoms with Crippen LogP contribution in [0, 0.1) is 11.8 Å². The molecule has 1 saturated carbocycles. The molecule has 3 aliphatic rings.